The zero-order chi connectivity index (χ0) is 10.0. The van der Waals surface area contributed by atoms with Gasteiger partial charge in [0, 0.05) is 5.02 Å². The molecule has 14 heavy (non-hydrogen) atoms. The molecule has 0 saturated heterocycles. The van der Waals surface area contributed by atoms with E-state index in [0.717, 1.165) is 18.0 Å². The Morgan fingerprint density at radius 1 is 1.21 bits per heavy atom. The maximum atomic E-state index is 5.88. The van der Waals surface area contributed by atoms with E-state index in [4.69, 9.17) is 17.3 Å². The molecule has 0 aromatic heterocycles. The van der Waals surface area contributed by atoms with E-state index in [1.54, 1.807) is 0 Å². The highest BCUT2D eigenvalue weighted by Crippen LogP contribution is 2.46. The molecule has 0 amide bonds. The van der Waals surface area contributed by atoms with Crippen LogP contribution < -0.4 is 5.73 Å². The molecular weight excluding hydrogens is 194 g/mol. The number of hydrogen-bond donors (Lipinski definition) is 1. The molecule has 0 atom stereocenters. The Morgan fingerprint density at radius 3 is 2.29 bits per heavy atom. The maximum Gasteiger partial charge on any atom is 0.0406 e. The highest BCUT2D eigenvalue weighted by Gasteiger charge is 2.37. The van der Waals surface area contributed by atoms with Crippen LogP contribution in [0.15, 0.2) is 24.3 Å². The van der Waals surface area contributed by atoms with Gasteiger partial charge in [0.2, 0.25) is 0 Å². The summed E-state index contributed by atoms with van der Waals surface area (Å²) in [6, 6.07) is 8.26. The molecule has 1 aliphatic carbocycles. The first-order valence-electron chi connectivity index (χ1n) is 5.23. The van der Waals surface area contributed by atoms with Crippen molar-refractivity contribution >= 4 is 11.6 Å². The van der Waals surface area contributed by atoms with Gasteiger partial charge >= 0.3 is 0 Å². The summed E-state index contributed by atoms with van der Waals surface area (Å²) in [5, 5.41) is 0.816. The van der Waals surface area contributed by atoms with Crippen LogP contribution in [-0.2, 0) is 5.41 Å². The Labute approximate surface area is 90.3 Å². The minimum Gasteiger partial charge on any atom is -0.330 e. The Balaban J connectivity index is 2.23. The summed E-state index contributed by atoms with van der Waals surface area (Å²) in [5.74, 6) is 0. The van der Waals surface area contributed by atoms with E-state index in [2.05, 4.69) is 12.1 Å². The lowest BCUT2D eigenvalue weighted by Gasteiger charge is -2.42. The molecular formula is C12H16ClN. The fourth-order valence-corrected chi connectivity index (χ4v) is 2.49. The molecule has 2 rings (SSSR count). The summed E-state index contributed by atoms with van der Waals surface area (Å²) in [6.07, 6.45) is 5.01. The van der Waals surface area contributed by atoms with Crippen molar-refractivity contribution in [2.24, 2.45) is 5.73 Å². The summed E-state index contributed by atoms with van der Waals surface area (Å²) in [4.78, 5) is 0. The normalized spacial score (nSPS) is 19.0. The maximum absolute atomic E-state index is 5.88. The first kappa shape index (κ1) is 10.0. The lowest BCUT2D eigenvalue weighted by molar-refractivity contribution is 0.229. The lowest BCUT2D eigenvalue weighted by atomic mass is 9.62. The minimum atomic E-state index is 0.374. The van der Waals surface area contributed by atoms with Crippen LogP contribution >= 0.6 is 11.6 Å². The summed E-state index contributed by atoms with van der Waals surface area (Å²) >= 11 is 5.88. The van der Waals surface area contributed by atoms with Gasteiger partial charge in [-0.1, -0.05) is 30.2 Å². The number of rotatable bonds is 3. The van der Waals surface area contributed by atoms with E-state index in [9.17, 15) is 0 Å². The molecule has 0 heterocycles. The third kappa shape index (κ3) is 1.67. The van der Waals surface area contributed by atoms with Gasteiger partial charge in [0.1, 0.15) is 0 Å². The van der Waals surface area contributed by atoms with Crippen molar-refractivity contribution in [3.8, 4) is 0 Å². The second-order valence-electron chi connectivity index (χ2n) is 4.18. The Kier molecular flexibility index (Phi) is 2.80. The van der Waals surface area contributed by atoms with Crippen LogP contribution in [0, 0.1) is 0 Å². The Hall–Kier alpha value is -0.530. The molecule has 1 aromatic carbocycles. The molecule has 0 radical (unpaired) electrons. The molecule has 1 saturated carbocycles. The molecule has 1 nitrogen and oxygen atoms in total. The molecule has 1 fully saturated rings. The quantitative estimate of drug-likeness (QED) is 0.814. The van der Waals surface area contributed by atoms with E-state index < -0.39 is 0 Å². The predicted molar refractivity (Wildman–Crippen MR) is 60.7 cm³/mol. The van der Waals surface area contributed by atoms with E-state index in [-0.39, 0.29) is 0 Å². The third-order valence-corrected chi connectivity index (χ3v) is 3.64. The Bertz CT molecular complexity index is 301. The summed E-state index contributed by atoms with van der Waals surface area (Å²) < 4.78 is 0. The number of nitrogens with two attached hydrogens (primary N) is 1. The van der Waals surface area contributed by atoms with E-state index in [0.29, 0.717) is 5.41 Å². The second-order valence-corrected chi connectivity index (χ2v) is 4.62. The number of benzene rings is 1. The summed E-state index contributed by atoms with van der Waals surface area (Å²) in [6.45, 7) is 0.780. The average molecular weight is 210 g/mol. The fourth-order valence-electron chi connectivity index (χ4n) is 2.37. The minimum absolute atomic E-state index is 0.374. The monoisotopic (exact) mass is 209 g/mol. The van der Waals surface area contributed by atoms with Crippen LogP contribution in [0.25, 0.3) is 0 Å². The molecule has 0 spiro atoms. The third-order valence-electron chi connectivity index (χ3n) is 3.39. The zero-order valence-corrected chi connectivity index (χ0v) is 9.06. The van der Waals surface area contributed by atoms with Crippen LogP contribution in [0.5, 0.6) is 0 Å². The highest BCUT2D eigenvalue weighted by atomic mass is 35.5. The van der Waals surface area contributed by atoms with Crippen LogP contribution in [0.2, 0.25) is 5.02 Å². The van der Waals surface area contributed by atoms with Crippen molar-refractivity contribution < 1.29 is 0 Å². The van der Waals surface area contributed by atoms with Crippen LogP contribution in [0.3, 0.4) is 0 Å². The molecule has 76 valence electrons. The SMILES string of the molecule is NCCC1(c2ccc(Cl)cc2)CCC1. The van der Waals surface area contributed by atoms with Crippen molar-refractivity contribution in [2.45, 2.75) is 31.1 Å². The van der Waals surface area contributed by atoms with Crippen molar-refractivity contribution in [3.05, 3.63) is 34.9 Å². The van der Waals surface area contributed by atoms with E-state index in [1.807, 2.05) is 12.1 Å². The highest BCUT2D eigenvalue weighted by molar-refractivity contribution is 6.30. The molecule has 0 aliphatic heterocycles. The van der Waals surface area contributed by atoms with E-state index in [1.165, 1.54) is 24.8 Å². The summed E-state index contributed by atoms with van der Waals surface area (Å²) in [7, 11) is 0. The van der Waals surface area contributed by atoms with Gasteiger partial charge in [-0.05, 0) is 48.9 Å². The molecule has 1 aliphatic rings. The van der Waals surface area contributed by atoms with Crippen LogP contribution in [0.1, 0.15) is 31.2 Å². The smallest absolute Gasteiger partial charge is 0.0406 e. The van der Waals surface area contributed by atoms with Gasteiger partial charge in [0.05, 0.1) is 0 Å². The first-order valence-corrected chi connectivity index (χ1v) is 5.61. The predicted octanol–water partition coefficient (Wildman–Crippen LogP) is 3.11. The van der Waals surface area contributed by atoms with Gasteiger partial charge in [-0.25, -0.2) is 0 Å². The second kappa shape index (κ2) is 3.92. The topological polar surface area (TPSA) is 26.0 Å². The van der Waals surface area contributed by atoms with Crippen molar-refractivity contribution in [2.75, 3.05) is 6.54 Å². The molecule has 0 bridgehead atoms. The molecule has 1 aromatic rings. The van der Waals surface area contributed by atoms with Gasteiger partial charge < -0.3 is 5.73 Å². The van der Waals surface area contributed by atoms with Gasteiger partial charge in [-0.2, -0.15) is 0 Å². The van der Waals surface area contributed by atoms with Gasteiger partial charge in [-0.15, -0.1) is 0 Å². The fraction of sp³-hybridized carbons (Fsp3) is 0.500. The lowest BCUT2D eigenvalue weighted by Crippen LogP contribution is -2.36. The molecule has 2 N–H and O–H groups in total. The zero-order valence-electron chi connectivity index (χ0n) is 8.30. The largest absolute Gasteiger partial charge is 0.330 e. The van der Waals surface area contributed by atoms with Crippen LogP contribution in [-0.4, -0.2) is 6.54 Å². The van der Waals surface area contributed by atoms with Gasteiger partial charge in [0.15, 0.2) is 0 Å². The average Bonchev–Trinajstić information content (AvgIpc) is 2.13. The van der Waals surface area contributed by atoms with Crippen LogP contribution in [0.4, 0.5) is 0 Å². The van der Waals surface area contributed by atoms with Crippen molar-refractivity contribution in [1.29, 1.82) is 0 Å². The van der Waals surface area contributed by atoms with Gasteiger partial charge in [-0.3, -0.25) is 0 Å². The number of hydrogen-bond acceptors (Lipinski definition) is 1. The number of halogens is 1. The molecule has 0 unspecified atom stereocenters. The van der Waals surface area contributed by atoms with Gasteiger partial charge in [0.25, 0.3) is 0 Å². The summed E-state index contributed by atoms with van der Waals surface area (Å²) in [5.41, 5.74) is 7.45. The standard InChI is InChI=1S/C12H16ClN/c13-11-4-2-10(3-5-11)12(8-9-14)6-1-7-12/h2-5H,1,6-9,14H2. The Morgan fingerprint density at radius 2 is 1.86 bits per heavy atom. The van der Waals surface area contributed by atoms with Crippen molar-refractivity contribution in [3.63, 3.8) is 0 Å². The van der Waals surface area contributed by atoms with E-state index >= 15 is 0 Å². The first-order chi connectivity index (χ1) is 6.77. The van der Waals surface area contributed by atoms with Crippen molar-refractivity contribution in [1.82, 2.24) is 0 Å². The molecule has 2 heteroatoms.